The highest BCUT2D eigenvalue weighted by molar-refractivity contribution is 9.10. The van der Waals surface area contributed by atoms with Crippen LogP contribution in [0.15, 0.2) is 28.7 Å². The number of rotatable bonds is 5. The number of hydrogen-bond acceptors (Lipinski definition) is 4. The molecule has 1 fully saturated rings. The average Bonchev–Trinajstić information content (AvgIpc) is 2.81. The van der Waals surface area contributed by atoms with E-state index in [2.05, 4.69) is 15.9 Å². The van der Waals surface area contributed by atoms with Gasteiger partial charge in [-0.15, -0.1) is 0 Å². The molecule has 1 saturated heterocycles. The predicted molar refractivity (Wildman–Crippen MR) is 78.0 cm³/mol. The van der Waals surface area contributed by atoms with Gasteiger partial charge in [0.05, 0.1) is 19.1 Å². The number of aliphatic hydroxyl groups excluding tert-OH is 1. The third-order valence-electron chi connectivity index (χ3n) is 3.27. The maximum atomic E-state index is 12.0. The highest BCUT2D eigenvalue weighted by Crippen LogP contribution is 2.20. The SMILES string of the molecule is O=C(O)[C@@H]1C[C@@H](O)CN1C(=O)CCOc1cccc(Br)c1. The summed E-state index contributed by atoms with van der Waals surface area (Å²) in [5.41, 5.74) is 0. The molecule has 1 aliphatic heterocycles. The number of amides is 1. The Balaban J connectivity index is 1.85. The van der Waals surface area contributed by atoms with Crippen molar-refractivity contribution in [3.63, 3.8) is 0 Å². The molecule has 7 heteroatoms. The number of benzene rings is 1. The molecule has 0 bridgehead atoms. The Morgan fingerprint density at radius 2 is 2.19 bits per heavy atom. The standard InChI is InChI=1S/C14H16BrNO5/c15-9-2-1-3-11(6-9)21-5-4-13(18)16-8-10(17)7-12(16)14(19)20/h1-3,6,10,12,17H,4-5,7-8H2,(H,19,20)/t10-,12+/m1/s1. The van der Waals surface area contributed by atoms with E-state index in [4.69, 9.17) is 9.84 Å². The molecule has 2 rings (SSSR count). The Morgan fingerprint density at radius 1 is 1.43 bits per heavy atom. The maximum Gasteiger partial charge on any atom is 0.326 e. The second-order valence-electron chi connectivity index (χ2n) is 4.85. The highest BCUT2D eigenvalue weighted by atomic mass is 79.9. The summed E-state index contributed by atoms with van der Waals surface area (Å²) in [5.74, 6) is -0.782. The average molecular weight is 358 g/mol. The minimum absolute atomic E-state index is 0.0622. The molecule has 0 aromatic heterocycles. The zero-order valence-electron chi connectivity index (χ0n) is 11.2. The Kier molecular flexibility index (Phi) is 5.19. The van der Waals surface area contributed by atoms with Gasteiger partial charge < -0.3 is 19.8 Å². The first-order valence-corrected chi connectivity index (χ1v) is 7.35. The quantitative estimate of drug-likeness (QED) is 0.828. The number of carbonyl (C=O) groups excluding carboxylic acids is 1. The van der Waals surface area contributed by atoms with Gasteiger partial charge in [-0.05, 0) is 18.2 Å². The monoisotopic (exact) mass is 357 g/mol. The largest absolute Gasteiger partial charge is 0.493 e. The number of aliphatic hydroxyl groups is 1. The van der Waals surface area contributed by atoms with Crippen molar-refractivity contribution in [1.29, 1.82) is 0 Å². The van der Waals surface area contributed by atoms with Crippen molar-refractivity contribution in [3.05, 3.63) is 28.7 Å². The Morgan fingerprint density at radius 3 is 2.86 bits per heavy atom. The lowest BCUT2D eigenvalue weighted by Crippen LogP contribution is -2.41. The Labute approximate surface area is 130 Å². The minimum atomic E-state index is -1.09. The summed E-state index contributed by atoms with van der Waals surface area (Å²) in [4.78, 5) is 24.3. The molecule has 1 heterocycles. The number of aliphatic carboxylic acids is 1. The Hall–Kier alpha value is -1.60. The van der Waals surface area contributed by atoms with Crippen molar-refractivity contribution in [1.82, 2.24) is 4.90 Å². The third-order valence-corrected chi connectivity index (χ3v) is 3.76. The van der Waals surface area contributed by atoms with E-state index in [-0.39, 0.29) is 31.9 Å². The molecule has 1 aromatic rings. The number of likely N-dealkylation sites (tertiary alicyclic amines) is 1. The van der Waals surface area contributed by atoms with Crippen molar-refractivity contribution in [2.45, 2.75) is 25.0 Å². The van der Waals surface area contributed by atoms with Crippen molar-refractivity contribution in [2.75, 3.05) is 13.2 Å². The topological polar surface area (TPSA) is 87.1 Å². The fraction of sp³-hybridized carbons (Fsp3) is 0.429. The van der Waals surface area contributed by atoms with Crippen LogP contribution in [0.25, 0.3) is 0 Å². The van der Waals surface area contributed by atoms with E-state index < -0.39 is 18.1 Å². The van der Waals surface area contributed by atoms with E-state index in [0.717, 1.165) is 4.47 Å². The molecule has 2 atom stereocenters. The van der Waals surface area contributed by atoms with Gasteiger partial charge in [-0.3, -0.25) is 4.79 Å². The van der Waals surface area contributed by atoms with E-state index in [9.17, 15) is 14.7 Å². The number of carboxylic acid groups (broad SMARTS) is 1. The predicted octanol–water partition coefficient (Wildman–Crippen LogP) is 1.26. The molecule has 0 unspecified atom stereocenters. The molecule has 0 radical (unpaired) electrons. The molecule has 0 saturated carbocycles. The number of halogens is 1. The van der Waals surface area contributed by atoms with E-state index in [1.807, 2.05) is 12.1 Å². The van der Waals surface area contributed by atoms with Crippen LogP contribution in [0.5, 0.6) is 5.75 Å². The van der Waals surface area contributed by atoms with Gasteiger partial charge in [0.1, 0.15) is 11.8 Å². The lowest BCUT2D eigenvalue weighted by Gasteiger charge is -2.21. The van der Waals surface area contributed by atoms with E-state index in [0.29, 0.717) is 5.75 Å². The van der Waals surface area contributed by atoms with E-state index in [1.54, 1.807) is 12.1 Å². The molecule has 21 heavy (non-hydrogen) atoms. The minimum Gasteiger partial charge on any atom is -0.493 e. The maximum absolute atomic E-state index is 12.0. The van der Waals surface area contributed by atoms with Gasteiger partial charge in [-0.2, -0.15) is 0 Å². The third kappa shape index (κ3) is 4.18. The van der Waals surface area contributed by atoms with Crippen LogP contribution >= 0.6 is 15.9 Å². The molecule has 1 amide bonds. The molecule has 6 nitrogen and oxygen atoms in total. The van der Waals surface area contributed by atoms with Gasteiger partial charge in [0, 0.05) is 17.4 Å². The fourth-order valence-electron chi connectivity index (χ4n) is 2.28. The molecule has 0 spiro atoms. The number of ether oxygens (including phenoxy) is 1. The summed E-state index contributed by atoms with van der Waals surface area (Å²) < 4.78 is 6.33. The Bertz CT molecular complexity index is 536. The zero-order valence-corrected chi connectivity index (χ0v) is 12.8. The highest BCUT2D eigenvalue weighted by Gasteiger charge is 2.38. The lowest BCUT2D eigenvalue weighted by molar-refractivity contribution is -0.148. The van der Waals surface area contributed by atoms with Crippen LogP contribution in [0.2, 0.25) is 0 Å². The van der Waals surface area contributed by atoms with Crippen molar-refractivity contribution in [3.8, 4) is 5.75 Å². The second kappa shape index (κ2) is 6.91. The molecular weight excluding hydrogens is 342 g/mol. The van der Waals surface area contributed by atoms with Crippen LogP contribution in [-0.2, 0) is 9.59 Å². The number of carbonyl (C=O) groups is 2. The van der Waals surface area contributed by atoms with Crippen LogP contribution in [-0.4, -0.2) is 52.3 Å². The molecule has 1 aromatic carbocycles. The van der Waals surface area contributed by atoms with Crippen molar-refractivity contribution in [2.24, 2.45) is 0 Å². The molecule has 2 N–H and O–H groups in total. The molecular formula is C14H16BrNO5. The van der Waals surface area contributed by atoms with Crippen LogP contribution in [0.4, 0.5) is 0 Å². The van der Waals surface area contributed by atoms with Crippen molar-refractivity contribution < 1.29 is 24.5 Å². The summed E-state index contributed by atoms with van der Waals surface area (Å²) in [6.45, 7) is 0.223. The first-order chi connectivity index (χ1) is 9.97. The normalized spacial score (nSPS) is 21.3. The second-order valence-corrected chi connectivity index (χ2v) is 5.76. The first kappa shape index (κ1) is 15.8. The van der Waals surface area contributed by atoms with Gasteiger partial charge in [-0.1, -0.05) is 22.0 Å². The first-order valence-electron chi connectivity index (χ1n) is 6.56. The number of carboxylic acids is 1. The van der Waals surface area contributed by atoms with Gasteiger partial charge in [0.2, 0.25) is 5.91 Å². The van der Waals surface area contributed by atoms with Crippen LogP contribution in [0.3, 0.4) is 0 Å². The number of β-amino-alcohol motifs (C(OH)–C–C–N with tert-alkyl or cyclic N) is 1. The fourth-order valence-corrected chi connectivity index (χ4v) is 2.66. The summed E-state index contributed by atoms with van der Waals surface area (Å²) in [7, 11) is 0. The molecule has 1 aliphatic rings. The van der Waals surface area contributed by atoms with E-state index in [1.165, 1.54) is 4.90 Å². The summed E-state index contributed by atoms with van der Waals surface area (Å²) in [6, 6.07) is 6.29. The van der Waals surface area contributed by atoms with Crippen LogP contribution in [0.1, 0.15) is 12.8 Å². The van der Waals surface area contributed by atoms with Crippen molar-refractivity contribution >= 4 is 27.8 Å². The van der Waals surface area contributed by atoms with E-state index >= 15 is 0 Å². The molecule has 0 aliphatic carbocycles. The molecule has 114 valence electrons. The van der Waals surface area contributed by atoms with Crippen LogP contribution in [0, 0.1) is 0 Å². The summed E-state index contributed by atoms with van der Waals surface area (Å²) >= 11 is 3.32. The number of hydrogen-bond donors (Lipinski definition) is 2. The summed E-state index contributed by atoms with van der Waals surface area (Å²) in [6.07, 6.45) is -0.627. The lowest BCUT2D eigenvalue weighted by atomic mass is 10.2. The number of nitrogens with zero attached hydrogens (tertiary/aromatic N) is 1. The van der Waals surface area contributed by atoms with Gasteiger partial charge in [-0.25, -0.2) is 4.79 Å². The van der Waals surface area contributed by atoms with Gasteiger partial charge in [0.25, 0.3) is 0 Å². The zero-order chi connectivity index (χ0) is 15.4. The van der Waals surface area contributed by atoms with Crippen LogP contribution < -0.4 is 4.74 Å². The smallest absolute Gasteiger partial charge is 0.326 e. The van der Waals surface area contributed by atoms with Gasteiger partial charge >= 0.3 is 5.97 Å². The summed E-state index contributed by atoms with van der Waals surface area (Å²) in [5, 5.41) is 18.6. The van der Waals surface area contributed by atoms with Gasteiger partial charge in [0.15, 0.2) is 0 Å².